The molecule has 1 amide bonds. The molecule has 0 unspecified atom stereocenters. The average Bonchev–Trinajstić information content (AvgIpc) is 3.28. The molecule has 3 heterocycles. The van der Waals surface area contributed by atoms with Crippen LogP contribution < -0.4 is 5.73 Å². The van der Waals surface area contributed by atoms with Crippen molar-refractivity contribution < 1.29 is 9.53 Å². The van der Waals surface area contributed by atoms with E-state index in [9.17, 15) is 4.79 Å². The predicted octanol–water partition coefficient (Wildman–Crippen LogP) is 2.84. The van der Waals surface area contributed by atoms with Crippen molar-refractivity contribution in [2.45, 2.75) is 38.1 Å². The molecule has 0 aliphatic carbocycles. The zero-order chi connectivity index (χ0) is 15.4. The first-order valence-corrected chi connectivity index (χ1v) is 9.21. The van der Waals surface area contributed by atoms with E-state index in [1.165, 1.54) is 9.75 Å². The van der Waals surface area contributed by atoms with E-state index in [1.54, 1.807) is 22.7 Å². The number of carbonyl (C=O) groups is 1. The number of rotatable bonds is 6. The van der Waals surface area contributed by atoms with Gasteiger partial charge in [0.2, 0.25) is 0 Å². The zero-order valence-electron chi connectivity index (χ0n) is 12.3. The van der Waals surface area contributed by atoms with E-state index in [1.807, 2.05) is 27.8 Å². The predicted molar refractivity (Wildman–Crippen MR) is 89.8 cm³/mol. The molecular weight excluding hydrogens is 316 g/mol. The molecule has 2 aromatic heterocycles. The minimum Gasteiger partial charge on any atom is -0.364 e. The Labute approximate surface area is 138 Å². The highest BCUT2D eigenvalue weighted by molar-refractivity contribution is 7.10. The molecule has 0 radical (unpaired) electrons. The Bertz CT molecular complexity index is 547. The van der Waals surface area contributed by atoms with Crippen LogP contribution in [0.3, 0.4) is 0 Å². The maximum Gasteiger partial charge on any atom is 0.252 e. The normalized spacial score (nSPS) is 21.1. The molecule has 6 heteroatoms. The van der Waals surface area contributed by atoms with Crippen molar-refractivity contribution in [1.29, 1.82) is 0 Å². The van der Waals surface area contributed by atoms with Crippen LogP contribution >= 0.6 is 22.7 Å². The van der Waals surface area contributed by atoms with Crippen molar-refractivity contribution in [2.75, 3.05) is 6.54 Å². The maximum absolute atomic E-state index is 12.8. The third-order valence-corrected chi connectivity index (χ3v) is 5.53. The molecule has 4 nitrogen and oxygen atoms in total. The smallest absolute Gasteiger partial charge is 0.252 e. The van der Waals surface area contributed by atoms with Gasteiger partial charge in [0.25, 0.3) is 5.91 Å². The number of nitrogens with zero attached hydrogens (tertiary/aromatic N) is 1. The number of carbonyl (C=O) groups excluding carboxylic acids is 1. The van der Waals surface area contributed by atoms with Crippen LogP contribution in [0.5, 0.6) is 0 Å². The van der Waals surface area contributed by atoms with Crippen LogP contribution in [0.15, 0.2) is 35.0 Å². The van der Waals surface area contributed by atoms with Gasteiger partial charge in [-0.25, -0.2) is 0 Å². The second-order valence-electron chi connectivity index (χ2n) is 5.41. The molecule has 0 saturated carbocycles. The summed E-state index contributed by atoms with van der Waals surface area (Å²) in [5, 5.41) is 4.08. The van der Waals surface area contributed by atoms with Crippen LogP contribution in [0.2, 0.25) is 0 Å². The van der Waals surface area contributed by atoms with E-state index in [4.69, 9.17) is 10.5 Å². The number of thiophene rings is 2. The highest BCUT2D eigenvalue weighted by Gasteiger charge is 2.33. The summed E-state index contributed by atoms with van der Waals surface area (Å²) in [6, 6.07) is 8.17. The lowest BCUT2D eigenvalue weighted by Crippen LogP contribution is -2.38. The Morgan fingerprint density at radius 3 is 2.27 bits per heavy atom. The van der Waals surface area contributed by atoms with Gasteiger partial charge in [0.05, 0.1) is 19.2 Å². The lowest BCUT2D eigenvalue weighted by Gasteiger charge is -2.25. The second-order valence-corrected chi connectivity index (χ2v) is 7.48. The van der Waals surface area contributed by atoms with E-state index < -0.39 is 0 Å². The molecule has 2 N–H and O–H groups in total. The quantitative estimate of drug-likeness (QED) is 0.882. The second kappa shape index (κ2) is 7.37. The summed E-state index contributed by atoms with van der Waals surface area (Å²) in [6.45, 7) is 1.77. The Kier molecular flexibility index (Phi) is 5.25. The van der Waals surface area contributed by atoms with Gasteiger partial charge in [0, 0.05) is 16.3 Å². The fraction of sp³-hybridized carbons (Fsp3) is 0.438. The number of ether oxygens (including phenoxy) is 1. The van der Waals surface area contributed by atoms with E-state index in [0.717, 1.165) is 12.8 Å². The van der Waals surface area contributed by atoms with E-state index in [0.29, 0.717) is 19.6 Å². The summed E-state index contributed by atoms with van der Waals surface area (Å²) < 4.78 is 5.78. The largest absolute Gasteiger partial charge is 0.364 e. The van der Waals surface area contributed by atoms with Crippen molar-refractivity contribution >= 4 is 28.6 Å². The molecule has 22 heavy (non-hydrogen) atoms. The lowest BCUT2D eigenvalue weighted by molar-refractivity contribution is -0.144. The fourth-order valence-electron chi connectivity index (χ4n) is 2.66. The van der Waals surface area contributed by atoms with Crippen LogP contribution in [0, 0.1) is 0 Å². The molecule has 0 aromatic carbocycles. The molecular formula is C16H20N2O2S2. The lowest BCUT2D eigenvalue weighted by atomic mass is 10.1. The van der Waals surface area contributed by atoms with Crippen LogP contribution in [0.25, 0.3) is 0 Å². The highest BCUT2D eigenvalue weighted by Crippen LogP contribution is 2.24. The number of nitrogens with two attached hydrogens (primary N) is 1. The Morgan fingerprint density at radius 2 is 1.82 bits per heavy atom. The van der Waals surface area contributed by atoms with Gasteiger partial charge in [0.15, 0.2) is 0 Å². The molecule has 1 aliphatic rings. The molecule has 0 bridgehead atoms. The molecule has 118 valence electrons. The Hall–Kier alpha value is -1.21. The van der Waals surface area contributed by atoms with Gasteiger partial charge in [-0.1, -0.05) is 12.1 Å². The first kappa shape index (κ1) is 15.7. The van der Waals surface area contributed by atoms with Gasteiger partial charge in [-0.2, -0.15) is 0 Å². The number of hydrogen-bond donors (Lipinski definition) is 1. The number of amides is 1. The fourth-order valence-corrected chi connectivity index (χ4v) is 4.10. The van der Waals surface area contributed by atoms with E-state index >= 15 is 0 Å². The molecule has 2 aromatic rings. The highest BCUT2D eigenvalue weighted by atomic mass is 32.1. The molecule has 1 saturated heterocycles. The molecule has 2 atom stereocenters. The van der Waals surface area contributed by atoms with Crippen LogP contribution in [0.1, 0.15) is 22.6 Å². The van der Waals surface area contributed by atoms with Gasteiger partial charge in [-0.05, 0) is 35.7 Å². The average molecular weight is 336 g/mol. The minimum atomic E-state index is -0.339. The molecule has 1 fully saturated rings. The van der Waals surface area contributed by atoms with Gasteiger partial charge < -0.3 is 15.4 Å². The summed E-state index contributed by atoms with van der Waals surface area (Å²) in [4.78, 5) is 17.1. The number of hydrogen-bond acceptors (Lipinski definition) is 5. The summed E-state index contributed by atoms with van der Waals surface area (Å²) in [6.07, 6.45) is 1.33. The van der Waals surface area contributed by atoms with Gasteiger partial charge in [-0.15, -0.1) is 22.7 Å². The van der Waals surface area contributed by atoms with Crippen LogP contribution in [-0.4, -0.2) is 29.6 Å². The summed E-state index contributed by atoms with van der Waals surface area (Å²) in [5.74, 6) is 0.0813. The molecule has 3 rings (SSSR count). The van der Waals surface area contributed by atoms with E-state index in [2.05, 4.69) is 12.1 Å². The summed E-state index contributed by atoms with van der Waals surface area (Å²) >= 11 is 3.36. The van der Waals surface area contributed by atoms with Gasteiger partial charge in [0.1, 0.15) is 6.10 Å². The van der Waals surface area contributed by atoms with Crippen molar-refractivity contribution in [1.82, 2.24) is 4.90 Å². The first-order valence-electron chi connectivity index (χ1n) is 7.45. The Balaban J connectivity index is 1.71. The molecule has 0 spiro atoms. The third kappa shape index (κ3) is 3.76. The summed E-state index contributed by atoms with van der Waals surface area (Å²) in [5.41, 5.74) is 5.65. The first-order chi connectivity index (χ1) is 10.8. The third-order valence-electron chi connectivity index (χ3n) is 3.81. The topological polar surface area (TPSA) is 55.6 Å². The SMILES string of the molecule is NC[C@H]1CC[C@@H](C(=O)N(Cc2cccs2)Cc2cccs2)O1. The van der Waals surface area contributed by atoms with Crippen molar-refractivity contribution in [3.8, 4) is 0 Å². The Morgan fingerprint density at radius 1 is 1.18 bits per heavy atom. The maximum atomic E-state index is 12.8. The van der Waals surface area contributed by atoms with Gasteiger partial charge in [-0.3, -0.25) is 4.79 Å². The van der Waals surface area contributed by atoms with Crippen molar-refractivity contribution in [2.24, 2.45) is 5.73 Å². The monoisotopic (exact) mass is 336 g/mol. The van der Waals surface area contributed by atoms with Crippen LogP contribution in [0.4, 0.5) is 0 Å². The van der Waals surface area contributed by atoms with E-state index in [-0.39, 0.29) is 18.1 Å². The van der Waals surface area contributed by atoms with Gasteiger partial charge >= 0.3 is 0 Å². The summed E-state index contributed by atoms with van der Waals surface area (Å²) in [7, 11) is 0. The molecule has 1 aliphatic heterocycles. The zero-order valence-corrected chi connectivity index (χ0v) is 13.9. The minimum absolute atomic E-state index is 0.0271. The van der Waals surface area contributed by atoms with Crippen LogP contribution in [-0.2, 0) is 22.6 Å². The van der Waals surface area contributed by atoms with Crippen molar-refractivity contribution in [3.05, 3.63) is 44.8 Å². The van der Waals surface area contributed by atoms with Crippen molar-refractivity contribution in [3.63, 3.8) is 0 Å². The standard InChI is InChI=1S/C16H20N2O2S2/c17-9-12-5-6-15(20-12)16(19)18(10-13-3-1-7-21-13)11-14-4-2-8-22-14/h1-4,7-8,12,15H,5-6,9-11,17H2/t12-,15+/m1/s1.